The summed E-state index contributed by atoms with van der Waals surface area (Å²) in [6.45, 7) is 1.38. The third-order valence-electron chi connectivity index (χ3n) is 4.19. The van der Waals surface area contributed by atoms with Gasteiger partial charge in [0, 0.05) is 42.4 Å². The van der Waals surface area contributed by atoms with Crippen molar-refractivity contribution in [2.24, 2.45) is 0 Å². The van der Waals surface area contributed by atoms with E-state index in [0.717, 1.165) is 16.6 Å². The molecule has 0 aliphatic carbocycles. The van der Waals surface area contributed by atoms with Gasteiger partial charge in [0.15, 0.2) is 0 Å². The smallest absolute Gasteiger partial charge is 0.356 e. The molecule has 1 fully saturated rings. The highest BCUT2D eigenvalue weighted by molar-refractivity contribution is 9.10. The molecule has 9 heteroatoms. The molecule has 138 valence electrons. The van der Waals surface area contributed by atoms with Crippen molar-refractivity contribution in [3.8, 4) is 0 Å². The second kappa shape index (κ2) is 7.14. The van der Waals surface area contributed by atoms with Crippen LogP contribution in [0.5, 0.6) is 0 Å². The van der Waals surface area contributed by atoms with Crippen LogP contribution in [-0.4, -0.2) is 52.8 Å². The Labute approximate surface area is 155 Å². The average Bonchev–Trinajstić information content (AvgIpc) is 3.06. The summed E-state index contributed by atoms with van der Waals surface area (Å²) in [4.78, 5) is 30.8. The summed E-state index contributed by atoms with van der Waals surface area (Å²) in [5.74, 6) is -0.495. The van der Waals surface area contributed by atoms with Crippen LogP contribution in [0, 0.1) is 0 Å². The molecule has 0 atom stereocenters. The molecule has 3 rings (SSSR count). The van der Waals surface area contributed by atoms with Crippen molar-refractivity contribution in [2.75, 3.05) is 26.2 Å². The van der Waals surface area contributed by atoms with Crippen LogP contribution in [0.2, 0.25) is 0 Å². The number of nitrogens with one attached hydrogen (secondary N) is 1. The van der Waals surface area contributed by atoms with Crippen LogP contribution in [0.15, 0.2) is 41.0 Å². The number of hydrogen-bond acceptors (Lipinski definition) is 2. The van der Waals surface area contributed by atoms with Gasteiger partial charge in [-0.15, -0.1) is 0 Å². The van der Waals surface area contributed by atoms with E-state index >= 15 is 0 Å². The molecular formula is C17H15BrF3N3O2. The van der Waals surface area contributed by atoms with Crippen molar-refractivity contribution >= 4 is 27.7 Å². The predicted molar refractivity (Wildman–Crippen MR) is 91.7 cm³/mol. The fourth-order valence-corrected chi connectivity index (χ4v) is 3.10. The number of amides is 2. The number of nitrogens with zero attached hydrogens (tertiary/aromatic N) is 2. The molecule has 2 amide bonds. The zero-order chi connectivity index (χ0) is 18.9. The Hall–Kier alpha value is -2.29. The maximum atomic E-state index is 12.6. The molecule has 1 saturated heterocycles. The lowest BCUT2D eigenvalue weighted by Gasteiger charge is -2.34. The van der Waals surface area contributed by atoms with E-state index in [4.69, 9.17) is 0 Å². The summed E-state index contributed by atoms with van der Waals surface area (Å²) in [5, 5.41) is 0. The zero-order valence-electron chi connectivity index (χ0n) is 13.5. The van der Waals surface area contributed by atoms with Crippen LogP contribution < -0.4 is 0 Å². The Bertz CT molecular complexity index is 809. The van der Waals surface area contributed by atoms with Crippen LogP contribution in [0.4, 0.5) is 13.2 Å². The predicted octanol–water partition coefficient (Wildman–Crippen LogP) is 3.39. The highest BCUT2D eigenvalue weighted by atomic mass is 79.9. The van der Waals surface area contributed by atoms with Gasteiger partial charge in [-0.1, -0.05) is 0 Å². The number of alkyl halides is 3. The van der Waals surface area contributed by atoms with E-state index in [1.807, 2.05) is 0 Å². The maximum Gasteiger partial charge on any atom is 0.416 e. The topological polar surface area (TPSA) is 56.4 Å². The van der Waals surface area contributed by atoms with Crippen molar-refractivity contribution in [3.63, 3.8) is 0 Å². The normalized spacial score (nSPS) is 15.2. The van der Waals surface area contributed by atoms with Gasteiger partial charge in [-0.2, -0.15) is 13.2 Å². The van der Waals surface area contributed by atoms with Crippen LogP contribution in [-0.2, 0) is 6.18 Å². The summed E-state index contributed by atoms with van der Waals surface area (Å²) in [6.07, 6.45) is -2.77. The van der Waals surface area contributed by atoms with E-state index < -0.39 is 11.7 Å². The molecule has 2 aromatic rings. The Morgan fingerprint density at radius 3 is 1.96 bits per heavy atom. The molecule has 26 heavy (non-hydrogen) atoms. The Morgan fingerprint density at radius 2 is 1.50 bits per heavy atom. The molecule has 1 aromatic heterocycles. The number of aromatic nitrogens is 1. The lowest BCUT2D eigenvalue weighted by Crippen LogP contribution is -2.50. The first-order chi connectivity index (χ1) is 12.3. The van der Waals surface area contributed by atoms with Crippen molar-refractivity contribution in [1.82, 2.24) is 14.8 Å². The molecule has 1 aliphatic heterocycles. The summed E-state index contributed by atoms with van der Waals surface area (Å²) in [7, 11) is 0. The first-order valence-electron chi connectivity index (χ1n) is 7.85. The Balaban J connectivity index is 1.61. The second-order valence-corrected chi connectivity index (χ2v) is 6.81. The minimum Gasteiger partial charge on any atom is -0.356 e. The minimum absolute atomic E-state index is 0.155. The zero-order valence-corrected chi connectivity index (χ0v) is 15.1. The number of benzene rings is 1. The van der Waals surface area contributed by atoms with E-state index in [2.05, 4.69) is 20.9 Å². The fraction of sp³-hybridized carbons (Fsp3) is 0.294. The molecule has 0 saturated carbocycles. The van der Waals surface area contributed by atoms with Crippen molar-refractivity contribution in [2.45, 2.75) is 6.18 Å². The molecule has 1 aromatic carbocycles. The SMILES string of the molecule is O=C(c1ccc(C(F)(F)F)cc1)N1CCN(C(=O)c2cc(Br)c[nH]2)CC1. The highest BCUT2D eigenvalue weighted by Gasteiger charge is 2.31. The molecule has 5 nitrogen and oxygen atoms in total. The van der Waals surface area contributed by atoms with E-state index in [1.54, 1.807) is 17.2 Å². The summed E-state index contributed by atoms with van der Waals surface area (Å²) >= 11 is 3.27. The molecular weight excluding hydrogens is 415 g/mol. The first-order valence-corrected chi connectivity index (χ1v) is 8.65. The van der Waals surface area contributed by atoms with Gasteiger partial charge in [0.2, 0.25) is 0 Å². The van der Waals surface area contributed by atoms with Gasteiger partial charge >= 0.3 is 6.18 Å². The Morgan fingerprint density at radius 1 is 0.962 bits per heavy atom. The number of rotatable bonds is 2. The molecule has 0 spiro atoms. The lowest BCUT2D eigenvalue weighted by molar-refractivity contribution is -0.137. The number of halogens is 4. The minimum atomic E-state index is -4.43. The first kappa shape index (κ1) is 18.5. The molecule has 1 N–H and O–H groups in total. The molecule has 2 heterocycles. The van der Waals surface area contributed by atoms with Crippen LogP contribution in [0.3, 0.4) is 0 Å². The third kappa shape index (κ3) is 3.92. The number of carbonyl (C=O) groups is 2. The number of piperazine rings is 1. The monoisotopic (exact) mass is 429 g/mol. The maximum absolute atomic E-state index is 12.6. The van der Waals surface area contributed by atoms with Crippen LogP contribution in [0.1, 0.15) is 26.4 Å². The number of aromatic amines is 1. The lowest BCUT2D eigenvalue weighted by atomic mass is 10.1. The molecule has 0 radical (unpaired) electrons. The van der Waals surface area contributed by atoms with Crippen LogP contribution >= 0.6 is 15.9 Å². The van der Waals surface area contributed by atoms with Crippen LogP contribution in [0.25, 0.3) is 0 Å². The standard InChI is InChI=1S/C17H15BrF3N3O2/c18-13-9-14(22-10-13)16(26)24-7-5-23(6-8-24)15(25)11-1-3-12(4-2-11)17(19,20)21/h1-4,9-10,22H,5-8H2. The van der Waals surface area contributed by atoms with Gasteiger partial charge in [-0.3, -0.25) is 9.59 Å². The van der Waals surface area contributed by atoms with Gasteiger partial charge in [0.25, 0.3) is 11.8 Å². The summed E-state index contributed by atoms with van der Waals surface area (Å²) in [5.41, 5.74) is -0.132. The molecule has 0 unspecified atom stereocenters. The highest BCUT2D eigenvalue weighted by Crippen LogP contribution is 2.29. The fourth-order valence-electron chi connectivity index (χ4n) is 2.76. The van der Waals surface area contributed by atoms with Crippen molar-refractivity contribution in [3.05, 3.63) is 57.8 Å². The summed E-state index contributed by atoms with van der Waals surface area (Å²) < 4.78 is 38.6. The second-order valence-electron chi connectivity index (χ2n) is 5.89. The van der Waals surface area contributed by atoms with Gasteiger partial charge in [-0.25, -0.2) is 0 Å². The van der Waals surface area contributed by atoms with Crippen molar-refractivity contribution < 1.29 is 22.8 Å². The molecule has 0 bridgehead atoms. The van der Waals surface area contributed by atoms with Gasteiger partial charge in [0.1, 0.15) is 5.69 Å². The number of H-pyrrole nitrogens is 1. The largest absolute Gasteiger partial charge is 0.416 e. The van der Waals surface area contributed by atoms with E-state index in [1.165, 1.54) is 17.0 Å². The van der Waals surface area contributed by atoms with E-state index in [0.29, 0.717) is 31.9 Å². The van der Waals surface area contributed by atoms with E-state index in [-0.39, 0.29) is 17.4 Å². The number of hydrogen-bond donors (Lipinski definition) is 1. The van der Waals surface area contributed by atoms with Gasteiger partial charge in [-0.05, 0) is 46.3 Å². The van der Waals surface area contributed by atoms with E-state index in [9.17, 15) is 22.8 Å². The van der Waals surface area contributed by atoms with Crippen molar-refractivity contribution in [1.29, 1.82) is 0 Å². The Kier molecular flexibility index (Phi) is 5.08. The quantitative estimate of drug-likeness (QED) is 0.795. The van der Waals surface area contributed by atoms with Gasteiger partial charge in [0.05, 0.1) is 5.56 Å². The average molecular weight is 430 g/mol. The number of carbonyl (C=O) groups excluding carboxylic acids is 2. The summed E-state index contributed by atoms with van der Waals surface area (Å²) in [6, 6.07) is 5.84. The third-order valence-corrected chi connectivity index (χ3v) is 4.65. The van der Waals surface area contributed by atoms with Gasteiger partial charge < -0.3 is 14.8 Å². The molecule has 1 aliphatic rings.